The predicted molar refractivity (Wildman–Crippen MR) is 65.1 cm³/mol. The van der Waals surface area contributed by atoms with Crippen LogP contribution in [0.25, 0.3) is 0 Å². The molecule has 0 saturated heterocycles. The van der Waals surface area contributed by atoms with E-state index < -0.39 is 4.92 Å². The first-order valence-electron chi connectivity index (χ1n) is 3.23. The van der Waals surface area contributed by atoms with Crippen molar-refractivity contribution >= 4 is 50.9 Å². The van der Waals surface area contributed by atoms with Gasteiger partial charge in [0.25, 0.3) is 0 Å². The molecule has 6 heteroatoms. The van der Waals surface area contributed by atoms with Gasteiger partial charge >= 0.3 is 5.69 Å². The highest BCUT2D eigenvalue weighted by Crippen LogP contribution is 2.31. The maximum absolute atomic E-state index is 10.6. The van der Waals surface area contributed by atoms with E-state index in [0.717, 1.165) is 7.14 Å². The van der Waals surface area contributed by atoms with E-state index in [-0.39, 0.29) is 5.69 Å². The summed E-state index contributed by atoms with van der Waals surface area (Å²) in [6.45, 7) is 0. The Kier molecular flexibility index (Phi) is 3.71. The Balaban J connectivity index is 3.33. The van der Waals surface area contributed by atoms with Crippen LogP contribution in [0.3, 0.4) is 0 Å². The van der Waals surface area contributed by atoms with Gasteiger partial charge in [0.05, 0.1) is 12.0 Å². The Morgan fingerprint density at radius 2 is 1.92 bits per heavy atom. The van der Waals surface area contributed by atoms with Crippen molar-refractivity contribution < 1.29 is 9.66 Å². The average Bonchev–Trinajstić information content (AvgIpc) is 2.08. The summed E-state index contributed by atoms with van der Waals surface area (Å²) < 4.78 is 6.69. The zero-order chi connectivity index (χ0) is 10.0. The van der Waals surface area contributed by atoms with Crippen molar-refractivity contribution in [2.75, 3.05) is 7.11 Å². The average molecular weight is 405 g/mol. The summed E-state index contributed by atoms with van der Waals surface area (Å²) >= 11 is 4.15. The van der Waals surface area contributed by atoms with Crippen LogP contribution in [0.4, 0.5) is 5.69 Å². The molecule has 13 heavy (non-hydrogen) atoms. The Morgan fingerprint density at radius 1 is 1.38 bits per heavy atom. The smallest absolute Gasteiger partial charge is 0.312 e. The number of methoxy groups -OCH3 is 1. The summed E-state index contributed by atoms with van der Waals surface area (Å²) in [6, 6.07) is 3.15. The molecular weight excluding hydrogens is 400 g/mol. The molecule has 0 spiro atoms. The number of hydrogen-bond acceptors (Lipinski definition) is 3. The molecule has 0 unspecified atom stereocenters. The van der Waals surface area contributed by atoms with Crippen molar-refractivity contribution in [3.05, 3.63) is 29.4 Å². The molecule has 0 aliphatic carbocycles. The van der Waals surface area contributed by atoms with Crippen LogP contribution in [0, 0.1) is 17.3 Å². The van der Waals surface area contributed by atoms with Gasteiger partial charge in [0, 0.05) is 19.3 Å². The fraction of sp³-hybridized carbons (Fsp3) is 0.143. The second kappa shape index (κ2) is 4.40. The largest absolute Gasteiger partial charge is 0.490 e. The van der Waals surface area contributed by atoms with Crippen LogP contribution in [0.15, 0.2) is 12.1 Å². The van der Waals surface area contributed by atoms with E-state index in [9.17, 15) is 10.1 Å². The summed E-state index contributed by atoms with van der Waals surface area (Å²) in [5.41, 5.74) is 0.00677. The van der Waals surface area contributed by atoms with E-state index in [1.165, 1.54) is 13.2 Å². The van der Waals surface area contributed by atoms with Gasteiger partial charge in [-0.05, 0) is 45.2 Å². The van der Waals surface area contributed by atoms with Crippen molar-refractivity contribution in [2.24, 2.45) is 0 Å². The number of hydrogen-bond donors (Lipinski definition) is 0. The normalized spacial score (nSPS) is 9.77. The number of nitro groups is 1. The minimum absolute atomic E-state index is 0.00677. The molecule has 0 fully saturated rings. The number of halogens is 2. The fourth-order valence-electron chi connectivity index (χ4n) is 0.824. The van der Waals surface area contributed by atoms with Gasteiger partial charge in [-0.15, -0.1) is 0 Å². The first kappa shape index (κ1) is 11.0. The molecule has 4 nitrogen and oxygen atoms in total. The molecule has 0 atom stereocenters. The molecule has 0 saturated carbocycles. The summed E-state index contributed by atoms with van der Waals surface area (Å²) in [6.07, 6.45) is 0. The first-order chi connectivity index (χ1) is 6.06. The maximum Gasteiger partial charge on any atom is 0.312 e. The van der Waals surface area contributed by atoms with Crippen LogP contribution in [-0.2, 0) is 0 Å². The molecule has 1 aromatic rings. The van der Waals surface area contributed by atoms with Gasteiger partial charge < -0.3 is 4.74 Å². The number of nitrogens with zero attached hydrogens (tertiary/aromatic N) is 1. The zero-order valence-corrected chi connectivity index (χ0v) is 10.9. The summed E-state index contributed by atoms with van der Waals surface area (Å²) in [5.74, 6) is 0.301. The number of rotatable bonds is 2. The lowest BCUT2D eigenvalue weighted by molar-refractivity contribution is -0.385. The molecule has 70 valence electrons. The standard InChI is InChI=1S/C7H5I2NO3/c1-13-7-3-5(9)4(8)2-6(7)10(11)12/h2-3H,1H3. The summed E-state index contributed by atoms with van der Waals surface area (Å²) in [4.78, 5) is 10.1. The van der Waals surface area contributed by atoms with Crippen molar-refractivity contribution in [1.82, 2.24) is 0 Å². The van der Waals surface area contributed by atoms with E-state index in [4.69, 9.17) is 4.74 Å². The monoisotopic (exact) mass is 405 g/mol. The molecule has 0 aliphatic heterocycles. The molecule has 0 bridgehead atoms. The minimum Gasteiger partial charge on any atom is -0.490 e. The zero-order valence-electron chi connectivity index (χ0n) is 6.58. The highest BCUT2D eigenvalue weighted by molar-refractivity contribution is 14.1. The van der Waals surface area contributed by atoms with E-state index in [2.05, 4.69) is 22.6 Å². The van der Waals surface area contributed by atoms with Gasteiger partial charge in [0.1, 0.15) is 0 Å². The van der Waals surface area contributed by atoms with Crippen molar-refractivity contribution in [3.63, 3.8) is 0 Å². The lowest BCUT2D eigenvalue weighted by Gasteiger charge is -2.03. The van der Waals surface area contributed by atoms with Crippen molar-refractivity contribution in [3.8, 4) is 5.75 Å². The third kappa shape index (κ3) is 2.42. The Morgan fingerprint density at radius 3 is 2.38 bits per heavy atom. The molecule has 1 rings (SSSR count). The first-order valence-corrected chi connectivity index (χ1v) is 5.39. The number of ether oxygens (including phenoxy) is 1. The van der Waals surface area contributed by atoms with E-state index >= 15 is 0 Å². The van der Waals surface area contributed by atoms with Gasteiger partial charge in [-0.1, -0.05) is 0 Å². The number of benzene rings is 1. The highest BCUT2D eigenvalue weighted by atomic mass is 127. The molecule has 0 amide bonds. The van der Waals surface area contributed by atoms with Gasteiger partial charge in [-0.2, -0.15) is 0 Å². The Bertz CT molecular complexity index is 354. The SMILES string of the molecule is COc1cc(I)c(I)cc1[N+](=O)[O-]. The van der Waals surface area contributed by atoms with E-state index in [1.807, 2.05) is 22.6 Å². The second-order valence-electron chi connectivity index (χ2n) is 2.20. The van der Waals surface area contributed by atoms with Gasteiger partial charge in [0.2, 0.25) is 0 Å². The van der Waals surface area contributed by atoms with Crippen molar-refractivity contribution in [1.29, 1.82) is 0 Å². The van der Waals surface area contributed by atoms with Crippen LogP contribution in [0.2, 0.25) is 0 Å². The molecule has 1 aromatic carbocycles. The van der Waals surface area contributed by atoms with E-state index in [1.54, 1.807) is 6.07 Å². The summed E-state index contributed by atoms with van der Waals surface area (Å²) in [5, 5.41) is 10.6. The molecular formula is C7H5I2NO3. The molecule has 0 radical (unpaired) electrons. The number of nitro benzene ring substituents is 1. The Labute approximate surface area is 102 Å². The summed E-state index contributed by atoms with van der Waals surface area (Å²) in [7, 11) is 1.42. The fourth-order valence-corrected chi connectivity index (χ4v) is 1.71. The van der Waals surface area contributed by atoms with Crippen LogP contribution in [0.1, 0.15) is 0 Å². The molecule has 0 aliphatic rings. The Hall–Kier alpha value is -0.120. The van der Waals surface area contributed by atoms with E-state index in [0.29, 0.717) is 5.75 Å². The van der Waals surface area contributed by atoms with Crippen LogP contribution < -0.4 is 4.74 Å². The van der Waals surface area contributed by atoms with Crippen LogP contribution in [-0.4, -0.2) is 12.0 Å². The van der Waals surface area contributed by atoms with Crippen molar-refractivity contribution in [2.45, 2.75) is 0 Å². The lowest BCUT2D eigenvalue weighted by Crippen LogP contribution is -1.95. The second-order valence-corrected chi connectivity index (χ2v) is 4.52. The highest BCUT2D eigenvalue weighted by Gasteiger charge is 2.16. The van der Waals surface area contributed by atoms with Gasteiger partial charge in [-0.25, -0.2) is 0 Å². The predicted octanol–water partition coefficient (Wildman–Crippen LogP) is 2.81. The van der Waals surface area contributed by atoms with Gasteiger partial charge in [0.15, 0.2) is 5.75 Å². The molecule has 0 N–H and O–H groups in total. The van der Waals surface area contributed by atoms with Crippen LogP contribution in [0.5, 0.6) is 5.75 Å². The third-order valence-electron chi connectivity index (χ3n) is 1.42. The molecule has 0 heterocycles. The third-order valence-corrected chi connectivity index (χ3v) is 4.24. The quantitative estimate of drug-likeness (QED) is 0.432. The molecule has 0 aromatic heterocycles. The topological polar surface area (TPSA) is 52.4 Å². The minimum atomic E-state index is -0.447. The van der Waals surface area contributed by atoms with Crippen LogP contribution >= 0.6 is 45.2 Å². The maximum atomic E-state index is 10.6. The van der Waals surface area contributed by atoms with Gasteiger partial charge in [-0.3, -0.25) is 10.1 Å². The lowest BCUT2D eigenvalue weighted by atomic mass is 10.3.